The highest BCUT2D eigenvalue weighted by Crippen LogP contribution is 2.28. The van der Waals surface area contributed by atoms with Crippen LogP contribution in [0.15, 0.2) is 65.5 Å². The Bertz CT molecular complexity index is 961. The largest absolute Gasteiger partial charge is 0.379 e. The molecule has 1 aliphatic heterocycles. The Balaban J connectivity index is 0.00000240. The van der Waals surface area contributed by atoms with E-state index < -0.39 is 0 Å². The second-order valence-electron chi connectivity index (χ2n) is 7.55. The summed E-state index contributed by atoms with van der Waals surface area (Å²) in [6.07, 6.45) is 7.79. The number of halogens is 1. The second-order valence-corrected chi connectivity index (χ2v) is 7.55. The fourth-order valence-corrected chi connectivity index (χ4v) is 3.67. The molecule has 0 spiro atoms. The van der Waals surface area contributed by atoms with Crippen molar-refractivity contribution < 1.29 is 5.82 Å². The van der Waals surface area contributed by atoms with E-state index in [2.05, 4.69) is 32.1 Å². The lowest BCUT2D eigenvalue weighted by molar-refractivity contribution is 0.183. The third-order valence-corrected chi connectivity index (χ3v) is 5.32. The summed E-state index contributed by atoms with van der Waals surface area (Å²) in [5.41, 5.74) is 5.43. The van der Waals surface area contributed by atoms with E-state index in [0.717, 1.165) is 54.0 Å². The van der Waals surface area contributed by atoms with E-state index in [0.29, 0.717) is 18.7 Å². The number of piperazine rings is 1. The first kappa shape index (κ1) is 18.6. The van der Waals surface area contributed by atoms with Crippen molar-refractivity contribution in [3.05, 3.63) is 71.1 Å². The van der Waals surface area contributed by atoms with Crippen LogP contribution in [-0.4, -0.2) is 53.0 Å². The standard InChI is InChI=1S/C22H26FN5.H2/c1-16-3-5-20(22(18(23)13-16)28-11-9-27(2)10-12-28)26-15-17-4-6-19-21(14-17)25-8-7-24-19;/h3-8,14,26H,9-13,15H2,1-2H3;1H. The van der Waals surface area contributed by atoms with Crippen molar-refractivity contribution >= 4 is 11.0 Å². The van der Waals surface area contributed by atoms with E-state index in [-0.39, 0.29) is 7.25 Å². The van der Waals surface area contributed by atoms with Gasteiger partial charge >= 0.3 is 0 Å². The zero-order valence-electron chi connectivity index (χ0n) is 16.5. The Labute approximate surface area is 166 Å². The van der Waals surface area contributed by atoms with Gasteiger partial charge in [0, 0.05) is 53.0 Å². The van der Waals surface area contributed by atoms with Crippen molar-refractivity contribution in [3.8, 4) is 0 Å². The molecule has 5 nitrogen and oxygen atoms in total. The SMILES string of the molecule is CC1=CC=C(NCc2ccc3nccnc3c2)C(N2CCN(C)CC2)=C(F)C1.[HH]. The molecular weight excluding hydrogens is 353 g/mol. The summed E-state index contributed by atoms with van der Waals surface area (Å²) in [4.78, 5) is 13.1. The van der Waals surface area contributed by atoms with Crippen LogP contribution >= 0.6 is 0 Å². The third kappa shape index (κ3) is 4.07. The molecule has 2 aliphatic rings. The number of fused-ring (bicyclic) bond motifs is 1. The minimum atomic E-state index is -0.0565. The lowest BCUT2D eigenvalue weighted by Crippen LogP contribution is -2.45. The van der Waals surface area contributed by atoms with Crippen LogP contribution in [0.2, 0.25) is 0 Å². The number of aromatic nitrogens is 2. The van der Waals surface area contributed by atoms with Gasteiger partial charge < -0.3 is 15.1 Å². The molecule has 2 aromatic rings. The number of hydrogen-bond donors (Lipinski definition) is 1. The highest BCUT2D eigenvalue weighted by molar-refractivity contribution is 5.74. The van der Waals surface area contributed by atoms with Gasteiger partial charge in [-0.1, -0.05) is 17.7 Å². The van der Waals surface area contributed by atoms with Crippen molar-refractivity contribution in [1.82, 2.24) is 25.1 Å². The van der Waals surface area contributed by atoms with Crippen LogP contribution in [0, 0.1) is 0 Å². The van der Waals surface area contributed by atoms with Crippen LogP contribution in [0.1, 0.15) is 20.3 Å². The predicted octanol–water partition coefficient (Wildman–Crippen LogP) is 3.63. The summed E-state index contributed by atoms with van der Waals surface area (Å²) < 4.78 is 15.1. The molecule has 1 N–H and O–H groups in total. The second kappa shape index (κ2) is 8.10. The topological polar surface area (TPSA) is 44.3 Å². The molecule has 1 aromatic heterocycles. The molecular formula is C22H28FN5. The Morgan fingerprint density at radius 2 is 1.82 bits per heavy atom. The quantitative estimate of drug-likeness (QED) is 0.876. The molecule has 1 aromatic carbocycles. The summed E-state index contributed by atoms with van der Waals surface area (Å²) in [6.45, 7) is 6.14. The Morgan fingerprint density at radius 1 is 1.07 bits per heavy atom. The van der Waals surface area contributed by atoms with E-state index in [1.165, 1.54) is 0 Å². The molecule has 0 unspecified atom stereocenters. The third-order valence-electron chi connectivity index (χ3n) is 5.32. The van der Waals surface area contributed by atoms with Crippen molar-refractivity contribution in [3.63, 3.8) is 0 Å². The first-order valence-electron chi connectivity index (χ1n) is 9.73. The normalized spacial score (nSPS) is 18.8. The number of allylic oxidation sites excluding steroid dienone is 4. The highest BCUT2D eigenvalue weighted by atomic mass is 19.1. The summed E-state index contributed by atoms with van der Waals surface area (Å²) in [5.74, 6) is -0.0565. The van der Waals surface area contributed by atoms with Crippen molar-refractivity contribution in [2.75, 3.05) is 33.2 Å². The summed E-state index contributed by atoms with van der Waals surface area (Å²) in [6, 6.07) is 6.05. The van der Waals surface area contributed by atoms with Gasteiger partial charge in [-0.05, 0) is 37.7 Å². The molecule has 6 heteroatoms. The fraction of sp³-hybridized carbons (Fsp3) is 0.364. The average molecular weight is 381 g/mol. The minimum absolute atomic E-state index is 0. The maximum atomic E-state index is 15.1. The number of benzene rings is 1. The van der Waals surface area contributed by atoms with Gasteiger partial charge in [0.15, 0.2) is 0 Å². The summed E-state index contributed by atoms with van der Waals surface area (Å²) in [5, 5.41) is 3.47. The number of rotatable bonds is 4. The molecule has 0 atom stereocenters. The molecule has 1 fully saturated rings. The molecule has 0 amide bonds. The molecule has 0 radical (unpaired) electrons. The van der Waals surface area contributed by atoms with Crippen LogP contribution < -0.4 is 5.32 Å². The first-order valence-corrected chi connectivity index (χ1v) is 9.73. The molecule has 4 rings (SSSR count). The van der Waals surface area contributed by atoms with E-state index in [4.69, 9.17) is 0 Å². The molecule has 0 bridgehead atoms. The van der Waals surface area contributed by atoms with Crippen LogP contribution in [0.5, 0.6) is 0 Å². The van der Waals surface area contributed by atoms with Crippen LogP contribution in [0.3, 0.4) is 0 Å². The van der Waals surface area contributed by atoms with Crippen molar-refractivity contribution in [1.29, 1.82) is 0 Å². The smallest absolute Gasteiger partial charge is 0.129 e. The van der Waals surface area contributed by atoms with E-state index >= 15 is 4.39 Å². The first-order chi connectivity index (χ1) is 13.6. The number of likely N-dealkylation sites (N-methyl/N-ethyl adjacent to an activating group) is 1. The van der Waals surface area contributed by atoms with Gasteiger partial charge in [-0.3, -0.25) is 9.97 Å². The Morgan fingerprint density at radius 3 is 2.61 bits per heavy atom. The van der Waals surface area contributed by atoms with E-state index in [1.54, 1.807) is 12.4 Å². The molecule has 2 heterocycles. The van der Waals surface area contributed by atoms with Crippen molar-refractivity contribution in [2.24, 2.45) is 0 Å². The van der Waals surface area contributed by atoms with Gasteiger partial charge in [-0.2, -0.15) is 0 Å². The molecule has 0 saturated carbocycles. The molecule has 28 heavy (non-hydrogen) atoms. The maximum Gasteiger partial charge on any atom is 0.129 e. The zero-order chi connectivity index (χ0) is 19.5. The average Bonchev–Trinajstić information content (AvgIpc) is 2.84. The van der Waals surface area contributed by atoms with E-state index in [1.807, 2.05) is 37.3 Å². The minimum Gasteiger partial charge on any atom is -0.379 e. The van der Waals surface area contributed by atoms with Crippen LogP contribution in [0.4, 0.5) is 4.39 Å². The van der Waals surface area contributed by atoms with Gasteiger partial charge in [-0.25, -0.2) is 4.39 Å². The fourth-order valence-electron chi connectivity index (χ4n) is 3.67. The van der Waals surface area contributed by atoms with Gasteiger partial charge in [-0.15, -0.1) is 0 Å². The van der Waals surface area contributed by atoms with Crippen molar-refractivity contribution in [2.45, 2.75) is 19.9 Å². The van der Waals surface area contributed by atoms with Gasteiger partial charge in [0.2, 0.25) is 0 Å². The number of hydrogen-bond acceptors (Lipinski definition) is 5. The number of nitrogens with zero attached hydrogens (tertiary/aromatic N) is 4. The van der Waals surface area contributed by atoms with Gasteiger partial charge in [0.1, 0.15) is 5.83 Å². The summed E-state index contributed by atoms with van der Waals surface area (Å²) in [7, 11) is 2.11. The monoisotopic (exact) mass is 381 g/mol. The van der Waals surface area contributed by atoms with E-state index in [9.17, 15) is 0 Å². The van der Waals surface area contributed by atoms with Gasteiger partial charge in [0.05, 0.1) is 22.4 Å². The lowest BCUT2D eigenvalue weighted by atomic mass is 10.1. The maximum absolute atomic E-state index is 15.1. The molecule has 1 saturated heterocycles. The predicted molar refractivity (Wildman–Crippen MR) is 112 cm³/mol. The van der Waals surface area contributed by atoms with Gasteiger partial charge in [0.25, 0.3) is 0 Å². The zero-order valence-corrected chi connectivity index (χ0v) is 16.5. The molecule has 1 aliphatic carbocycles. The number of nitrogens with one attached hydrogen (secondary N) is 1. The Hall–Kier alpha value is -2.73. The highest BCUT2D eigenvalue weighted by Gasteiger charge is 2.24. The summed E-state index contributed by atoms with van der Waals surface area (Å²) >= 11 is 0. The molecule has 148 valence electrons. The Kier molecular flexibility index (Phi) is 5.39. The van der Waals surface area contributed by atoms with Crippen LogP contribution in [0.25, 0.3) is 11.0 Å². The van der Waals surface area contributed by atoms with Crippen LogP contribution in [-0.2, 0) is 6.54 Å². The lowest BCUT2D eigenvalue weighted by Gasteiger charge is -2.36.